The molecule has 3 atom stereocenters. The second-order valence-electron chi connectivity index (χ2n) is 3.62. The molecule has 0 saturated carbocycles. The molecule has 0 radical (unpaired) electrons. The van der Waals surface area contributed by atoms with Crippen LogP contribution in [0.5, 0.6) is 0 Å². The van der Waals surface area contributed by atoms with Crippen molar-refractivity contribution in [2.24, 2.45) is 0 Å². The minimum absolute atomic E-state index is 1.18. The molecule has 0 aromatic rings. The van der Waals surface area contributed by atoms with E-state index >= 15 is 0 Å². The summed E-state index contributed by atoms with van der Waals surface area (Å²) in [5.74, 6) is 0. The first kappa shape index (κ1) is 3.89. The highest BCUT2D eigenvalue weighted by Gasteiger charge is 2.74. The van der Waals surface area contributed by atoms with Crippen LogP contribution in [0, 0.1) is 0 Å². The van der Waals surface area contributed by atoms with Gasteiger partial charge in [0.1, 0.15) is 12.1 Å². The van der Waals surface area contributed by atoms with E-state index in [1.54, 1.807) is 17.3 Å². The van der Waals surface area contributed by atoms with Crippen LogP contribution < -0.4 is 0 Å². The maximum absolute atomic E-state index is 1.58. The zero-order valence-electron chi connectivity index (χ0n) is 5.14. The Morgan fingerprint density at radius 1 is 1.00 bits per heavy atom. The maximum atomic E-state index is 1.58. The van der Waals surface area contributed by atoms with Crippen molar-refractivity contribution in [1.82, 2.24) is 0 Å². The molecule has 0 aromatic heterocycles. The van der Waals surface area contributed by atoms with Crippen LogP contribution in [0.2, 0.25) is 0 Å². The number of hydrogen-bond acceptors (Lipinski definition) is 0. The monoisotopic (exact) mass is 110 g/mol. The van der Waals surface area contributed by atoms with Crippen molar-refractivity contribution in [3.05, 3.63) is 0 Å². The summed E-state index contributed by atoms with van der Waals surface area (Å²) >= 11 is 0. The van der Waals surface area contributed by atoms with Crippen LogP contribution in [0.3, 0.4) is 0 Å². The van der Waals surface area contributed by atoms with Gasteiger partial charge in [0.15, 0.2) is 0 Å². The molecule has 1 nitrogen and oxygen atoms in total. The van der Waals surface area contributed by atoms with E-state index in [-0.39, 0.29) is 0 Å². The Morgan fingerprint density at radius 3 is 2.25 bits per heavy atom. The molecule has 3 rings (SSSR count). The summed E-state index contributed by atoms with van der Waals surface area (Å²) in [4.78, 5) is 0. The molecule has 3 aliphatic heterocycles. The van der Waals surface area contributed by atoms with Gasteiger partial charge in [0, 0.05) is 12.8 Å². The summed E-state index contributed by atoms with van der Waals surface area (Å²) in [6.07, 6.45) is 4.65. The van der Waals surface area contributed by atoms with Gasteiger partial charge in [-0.3, -0.25) is 0 Å². The second kappa shape index (κ2) is 0.860. The zero-order valence-corrected chi connectivity index (χ0v) is 5.14. The zero-order chi connectivity index (χ0) is 5.19. The Morgan fingerprint density at radius 2 is 1.88 bits per heavy atom. The number of hydrogen-bond donors (Lipinski definition) is 0. The molecule has 3 heterocycles. The first-order chi connectivity index (χ1) is 3.93. The first-order valence-corrected chi connectivity index (χ1v) is 3.80. The molecule has 3 unspecified atom stereocenters. The molecular weight excluding hydrogens is 98.1 g/mol. The lowest BCUT2D eigenvalue weighted by Gasteiger charge is -2.24. The molecule has 3 aliphatic rings. The van der Waals surface area contributed by atoms with E-state index in [1.165, 1.54) is 31.6 Å². The Kier molecular flexibility index (Phi) is 0.418. The van der Waals surface area contributed by atoms with Crippen molar-refractivity contribution < 1.29 is 4.48 Å². The van der Waals surface area contributed by atoms with Gasteiger partial charge in [-0.05, 0) is 0 Å². The quantitative estimate of drug-likeness (QED) is 0.319. The molecule has 0 bridgehead atoms. The van der Waals surface area contributed by atoms with Gasteiger partial charge in [-0.15, -0.1) is 0 Å². The largest absolute Gasteiger partial charge is 0.309 e. The standard InChI is InChI=1S/C7H12N/c1-2-6-7-3-5-8(6,7)4-1/h6-7H,1-5H2/q+1. The minimum Gasteiger partial charge on any atom is -0.309 e. The molecule has 0 aliphatic carbocycles. The molecule has 0 N–H and O–H groups in total. The van der Waals surface area contributed by atoms with Gasteiger partial charge >= 0.3 is 0 Å². The highest BCUT2D eigenvalue weighted by Crippen LogP contribution is 2.56. The topological polar surface area (TPSA) is 0 Å². The summed E-state index contributed by atoms with van der Waals surface area (Å²) in [6, 6.07) is 2.36. The lowest BCUT2D eigenvalue weighted by Crippen LogP contribution is -2.39. The maximum Gasteiger partial charge on any atom is 0.147 e. The Balaban J connectivity index is 2.00. The van der Waals surface area contributed by atoms with Gasteiger partial charge in [-0.25, -0.2) is 0 Å². The number of nitrogens with zero attached hydrogens (tertiary/aromatic N) is 1. The first-order valence-electron chi connectivity index (χ1n) is 3.80. The van der Waals surface area contributed by atoms with Crippen LogP contribution in [0.1, 0.15) is 19.3 Å². The van der Waals surface area contributed by atoms with E-state index in [2.05, 4.69) is 0 Å². The lowest BCUT2D eigenvalue weighted by atomic mass is 10.1. The van der Waals surface area contributed by atoms with Gasteiger partial charge in [0.05, 0.1) is 19.5 Å². The van der Waals surface area contributed by atoms with Crippen LogP contribution in [0.25, 0.3) is 0 Å². The average molecular weight is 110 g/mol. The van der Waals surface area contributed by atoms with E-state index < -0.39 is 0 Å². The third-order valence-corrected chi connectivity index (χ3v) is 3.59. The van der Waals surface area contributed by atoms with Gasteiger partial charge in [0.25, 0.3) is 0 Å². The van der Waals surface area contributed by atoms with Crippen LogP contribution in [0.15, 0.2) is 0 Å². The van der Waals surface area contributed by atoms with Crippen LogP contribution in [0.4, 0.5) is 0 Å². The fourth-order valence-corrected chi connectivity index (χ4v) is 3.04. The molecule has 8 heavy (non-hydrogen) atoms. The van der Waals surface area contributed by atoms with Crippen LogP contribution in [-0.2, 0) is 0 Å². The molecule has 1 spiro atoms. The number of fused-ring (bicyclic) bond motifs is 1. The van der Waals surface area contributed by atoms with Gasteiger partial charge in [-0.1, -0.05) is 0 Å². The van der Waals surface area contributed by atoms with Crippen LogP contribution in [-0.4, -0.2) is 29.7 Å². The van der Waals surface area contributed by atoms with E-state index in [9.17, 15) is 0 Å². The molecular formula is C7H12N+. The van der Waals surface area contributed by atoms with Crippen molar-refractivity contribution in [2.45, 2.75) is 31.3 Å². The fraction of sp³-hybridized carbons (Fsp3) is 1.00. The van der Waals surface area contributed by atoms with Gasteiger partial charge in [0.2, 0.25) is 0 Å². The van der Waals surface area contributed by atoms with E-state index in [0.29, 0.717) is 0 Å². The van der Waals surface area contributed by atoms with Crippen LogP contribution >= 0.6 is 0 Å². The average Bonchev–Trinajstić information content (AvgIpc) is 2.20. The summed E-state index contributed by atoms with van der Waals surface area (Å²) in [5.41, 5.74) is 0. The van der Waals surface area contributed by atoms with Gasteiger partial charge < -0.3 is 4.48 Å². The molecule has 0 amide bonds. The third kappa shape index (κ3) is 0.202. The van der Waals surface area contributed by atoms with E-state index in [0.717, 1.165) is 0 Å². The summed E-state index contributed by atoms with van der Waals surface area (Å²) in [6.45, 7) is 3.07. The van der Waals surface area contributed by atoms with Crippen molar-refractivity contribution >= 4 is 0 Å². The summed E-state index contributed by atoms with van der Waals surface area (Å²) < 4.78 is 1.58. The predicted molar refractivity (Wildman–Crippen MR) is 31.4 cm³/mol. The Labute approximate surface area is 49.9 Å². The molecule has 1 heteroatoms. The normalized spacial score (nSPS) is 66.0. The van der Waals surface area contributed by atoms with Crippen molar-refractivity contribution in [1.29, 1.82) is 0 Å². The Bertz CT molecular complexity index is 143. The van der Waals surface area contributed by atoms with Crippen molar-refractivity contribution in [2.75, 3.05) is 13.1 Å². The fourth-order valence-electron chi connectivity index (χ4n) is 3.04. The summed E-state index contributed by atoms with van der Waals surface area (Å²) in [5, 5.41) is 0. The van der Waals surface area contributed by atoms with Crippen molar-refractivity contribution in [3.63, 3.8) is 0 Å². The third-order valence-electron chi connectivity index (χ3n) is 3.59. The number of quaternary nitrogens is 1. The predicted octanol–water partition coefficient (Wildman–Crippen LogP) is 0.751. The molecule has 3 saturated heterocycles. The lowest BCUT2D eigenvalue weighted by molar-refractivity contribution is -0.849. The highest BCUT2D eigenvalue weighted by molar-refractivity contribution is 4.99. The second-order valence-corrected chi connectivity index (χ2v) is 3.62. The number of piperidine rings is 1. The van der Waals surface area contributed by atoms with E-state index in [4.69, 9.17) is 0 Å². The summed E-state index contributed by atoms with van der Waals surface area (Å²) in [7, 11) is 0. The number of rotatable bonds is 0. The SMILES string of the molecule is C1CC2C3CC[N+]23C1. The van der Waals surface area contributed by atoms with Gasteiger partial charge in [-0.2, -0.15) is 0 Å². The Hall–Kier alpha value is -0.0400. The highest BCUT2D eigenvalue weighted by atomic mass is 15.6. The van der Waals surface area contributed by atoms with E-state index in [1.807, 2.05) is 0 Å². The molecule has 44 valence electrons. The van der Waals surface area contributed by atoms with Crippen molar-refractivity contribution in [3.8, 4) is 0 Å². The molecule has 0 aromatic carbocycles. The minimum atomic E-state index is 1.18. The molecule has 3 fully saturated rings. The smallest absolute Gasteiger partial charge is 0.147 e.